The van der Waals surface area contributed by atoms with Gasteiger partial charge in [-0.05, 0) is 48.8 Å². The molecule has 0 heterocycles. The van der Waals surface area contributed by atoms with Crippen molar-refractivity contribution in [3.05, 3.63) is 23.8 Å². The highest BCUT2D eigenvalue weighted by Gasteiger charge is 2.35. The Kier molecular flexibility index (Phi) is 4.62. The Labute approximate surface area is 117 Å². The Hall–Kier alpha value is -0.610. The van der Waals surface area contributed by atoms with Gasteiger partial charge in [0.25, 0.3) is 0 Å². The molecule has 18 heavy (non-hydrogen) atoms. The fraction of sp³-hybridized carbons (Fsp3) is 0.500. The Morgan fingerprint density at radius 2 is 2.11 bits per heavy atom. The van der Waals surface area contributed by atoms with Crippen molar-refractivity contribution >= 4 is 29.5 Å². The normalized spacial score (nSPS) is 16.6. The summed E-state index contributed by atoms with van der Waals surface area (Å²) in [5.41, 5.74) is 1.24. The van der Waals surface area contributed by atoms with Gasteiger partial charge in [0.2, 0.25) is 0 Å². The second kappa shape index (κ2) is 6.02. The van der Waals surface area contributed by atoms with Gasteiger partial charge in [0.05, 0.1) is 6.42 Å². The van der Waals surface area contributed by atoms with E-state index in [1.54, 1.807) is 23.5 Å². The van der Waals surface area contributed by atoms with Gasteiger partial charge in [-0.2, -0.15) is 0 Å². The van der Waals surface area contributed by atoms with Crippen molar-refractivity contribution in [3.63, 3.8) is 0 Å². The number of hydrogen-bond acceptors (Lipinski definition) is 3. The largest absolute Gasteiger partial charge is 0.481 e. The second-order valence-electron chi connectivity index (χ2n) is 4.62. The minimum absolute atomic E-state index is 0.192. The highest BCUT2D eigenvalue weighted by Crippen LogP contribution is 2.48. The zero-order valence-electron chi connectivity index (χ0n) is 10.7. The lowest BCUT2D eigenvalue weighted by Gasteiger charge is -2.19. The van der Waals surface area contributed by atoms with E-state index in [-0.39, 0.29) is 12.3 Å². The van der Waals surface area contributed by atoms with Gasteiger partial charge < -0.3 is 5.11 Å². The van der Waals surface area contributed by atoms with E-state index in [1.165, 1.54) is 28.2 Å². The van der Waals surface area contributed by atoms with E-state index in [0.717, 1.165) is 0 Å². The first kappa shape index (κ1) is 13.8. The number of carboxylic acids is 1. The third-order valence-corrected chi connectivity index (χ3v) is 5.19. The Morgan fingerprint density at radius 1 is 1.39 bits per heavy atom. The van der Waals surface area contributed by atoms with Gasteiger partial charge in [0.1, 0.15) is 0 Å². The summed E-state index contributed by atoms with van der Waals surface area (Å²) in [6, 6.07) is 6.28. The molecule has 0 bridgehead atoms. The molecule has 1 unspecified atom stereocenters. The van der Waals surface area contributed by atoms with Crippen LogP contribution in [0.1, 0.15) is 30.7 Å². The van der Waals surface area contributed by atoms with Gasteiger partial charge in [-0.15, -0.1) is 23.5 Å². The molecule has 0 saturated heterocycles. The second-order valence-corrected chi connectivity index (χ2v) is 6.29. The highest BCUT2D eigenvalue weighted by atomic mass is 32.2. The molecule has 1 saturated carbocycles. The van der Waals surface area contributed by atoms with Crippen molar-refractivity contribution in [3.8, 4) is 0 Å². The Bertz CT molecular complexity index is 441. The van der Waals surface area contributed by atoms with E-state index < -0.39 is 5.97 Å². The number of thioether (sulfide) groups is 2. The number of aliphatic carboxylic acids is 1. The van der Waals surface area contributed by atoms with E-state index in [9.17, 15) is 4.79 Å². The summed E-state index contributed by atoms with van der Waals surface area (Å²) in [5.74, 6) is 0.0784. The number of hydrogen-bond donors (Lipinski definition) is 1. The average Bonchev–Trinajstić information content (AvgIpc) is 3.18. The molecule has 1 N–H and O–H groups in total. The molecule has 98 valence electrons. The van der Waals surface area contributed by atoms with Crippen LogP contribution in [0.5, 0.6) is 0 Å². The van der Waals surface area contributed by atoms with Crippen LogP contribution in [0.2, 0.25) is 0 Å². The number of benzene rings is 1. The van der Waals surface area contributed by atoms with Gasteiger partial charge in [-0.1, -0.05) is 12.1 Å². The standard InChI is InChI=1S/C14H18O2S2/c1-17-12-5-3-4-10(14(12)18-2)11(8-13(15)16)9-6-7-9/h3-5,9,11H,6-8H2,1-2H3,(H,15,16). The van der Waals surface area contributed by atoms with E-state index in [1.807, 2.05) is 0 Å². The minimum Gasteiger partial charge on any atom is -0.481 e. The lowest BCUT2D eigenvalue weighted by Crippen LogP contribution is -2.09. The predicted octanol–water partition coefficient (Wildman–Crippen LogP) is 4.10. The van der Waals surface area contributed by atoms with Crippen LogP contribution >= 0.6 is 23.5 Å². The third kappa shape index (κ3) is 3.04. The molecule has 1 aromatic carbocycles. The molecular formula is C14H18O2S2. The van der Waals surface area contributed by atoms with Crippen LogP contribution in [0.3, 0.4) is 0 Å². The van der Waals surface area contributed by atoms with Crippen LogP contribution in [0, 0.1) is 5.92 Å². The molecule has 2 nitrogen and oxygen atoms in total. The lowest BCUT2D eigenvalue weighted by atomic mass is 9.91. The molecule has 2 rings (SSSR count). The van der Waals surface area contributed by atoms with Crippen LogP contribution in [-0.4, -0.2) is 23.6 Å². The first-order valence-electron chi connectivity index (χ1n) is 6.10. The third-order valence-electron chi connectivity index (χ3n) is 3.42. The molecule has 0 radical (unpaired) electrons. The summed E-state index contributed by atoms with van der Waals surface area (Å²) in [5, 5.41) is 9.10. The summed E-state index contributed by atoms with van der Waals surface area (Å²) in [7, 11) is 0. The lowest BCUT2D eigenvalue weighted by molar-refractivity contribution is -0.137. The molecular weight excluding hydrogens is 264 g/mol. The highest BCUT2D eigenvalue weighted by molar-refractivity contribution is 8.01. The molecule has 1 atom stereocenters. The van der Waals surface area contributed by atoms with Crippen LogP contribution in [0.25, 0.3) is 0 Å². The Morgan fingerprint density at radius 3 is 2.61 bits per heavy atom. The fourth-order valence-corrected chi connectivity index (χ4v) is 4.16. The molecule has 0 spiro atoms. The zero-order chi connectivity index (χ0) is 13.1. The summed E-state index contributed by atoms with van der Waals surface area (Å²) in [4.78, 5) is 13.6. The molecule has 1 aliphatic rings. The predicted molar refractivity (Wildman–Crippen MR) is 77.7 cm³/mol. The maximum atomic E-state index is 11.1. The number of carbonyl (C=O) groups is 1. The smallest absolute Gasteiger partial charge is 0.303 e. The van der Waals surface area contributed by atoms with Crippen molar-refractivity contribution < 1.29 is 9.90 Å². The average molecular weight is 282 g/mol. The van der Waals surface area contributed by atoms with E-state index in [4.69, 9.17) is 5.11 Å². The van der Waals surface area contributed by atoms with Crippen LogP contribution in [-0.2, 0) is 4.79 Å². The summed E-state index contributed by atoms with van der Waals surface area (Å²) < 4.78 is 0. The quantitative estimate of drug-likeness (QED) is 0.797. The summed E-state index contributed by atoms with van der Waals surface area (Å²) in [6.07, 6.45) is 6.76. The summed E-state index contributed by atoms with van der Waals surface area (Å²) in [6.45, 7) is 0. The number of rotatable bonds is 6. The molecule has 0 aromatic heterocycles. The van der Waals surface area contributed by atoms with Crippen molar-refractivity contribution in [1.29, 1.82) is 0 Å². The van der Waals surface area contributed by atoms with Crippen molar-refractivity contribution in [2.45, 2.75) is 35.0 Å². The maximum absolute atomic E-state index is 11.1. The van der Waals surface area contributed by atoms with Gasteiger partial charge in [0.15, 0.2) is 0 Å². The van der Waals surface area contributed by atoms with Gasteiger partial charge >= 0.3 is 5.97 Å². The van der Waals surface area contributed by atoms with Crippen LogP contribution in [0.15, 0.2) is 28.0 Å². The molecule has 0 aliphatic heterocycles. The van der Waals surface area contributed by atoms with Gasteiger partial charge in [-0.3, -0.25) is 4.79 Å². The fourth-order valence-electron chi connectivity index (χ4n) is 2.42. The first-order chi connectivity index (χ1) is 8.67. The first-order valence-corrected chi connectivity index (χ1v) is 8.55. The van der Waals surface area contributed by atoms with E-state index in [2.05, 4.69) is 30.7 Å². The zero-order valence-corrected chi connectivity index (χ0v) is 12.3. The molecule has 1 fully saturated rings. The van der Waals surface area contributed by atoms with Gasteiger partial charge in [-0.25, -0.2) is 0 Å². The molecule has 0 amide bonds. The topological polar surface area (TPSA) is 37.3 Å². The molecule has 1 aromatic rings. The minimum atomic E-state index is -0.687. The Balaban J connectivity index is 2.36. The molecule has 1 aliphatic carbocycles. The molecule has 4 heteroatoms. The number of carboxylic acid groups (broad SMARTS) is 1. The van der Waals surface area contributed by atoms with Crippen molar-refractivity contribution in [2.75, 3.05) is 12.5 Å². The van der Waals surface area contributed by atoms with Crippen molar-refractivity contribution in [2.24, 2.45) is 5.92 Å². The van der Waals surface area contributed by atoms with Crippen molar-refractivity contribution in [1.82, 2.24) is 0 Å². The summed E-state index contributed by atoms with van der Waals surface area (Å²) >= 11 is 3.47. The monoisotopic (exact) mass is 282 g/mol. The maximum Gasteiger partial charge on any atom is 0.303 e. The van der Waals surface area contributed by atoms with E-state index >= 15 is 0 Å². The van der Waals surface area contributed by atoms with Gasteiger partial charge in [0, 0.05) is 9.79 Å². The van der Waals surface area contributed by atoms with Crippen LogP contribution < -0.4 is 0 Å². The van der Waals surface area contributed by atoms with E-state index in [0.29, 0.717) is 5.92 Å². The van der Waals surface area contributed by atoms with Crippen LogP contribution in [0.4, 0.5) is 0 Å². The SMILES string of the molecule is CSc1cccc(C(CC(=O)O)C2CC2)c1SC.